The van der Waals surface area contributed by atoms with Crippen LogP contribution in [-0.4, -0.2) is 69.7 Å². The number of anilines is 1. The van der Waals surface area contributed by atoms with Crippen molar-refractivity contribution in [2.75, 3.05) is 31.1 Å². The van der Waals surface area contributed by atoms with E-state index in [1.807, 2.05) is 40.0 Å². The average molecular weight is 412 g/mol. The molecule has 3 heterocycles. The van der Waals surface area contributed by atoms with E-state index in [-0.39, 0.29) is 11.8 Å². The maximum absolute atomic E-state index is 13.2. The van der Waals surface area contributed by atoms with Crippen LogP contribution in [0.25, 0.3) is 0 Å². The molecule has 2 aliphatic heterocycles. The zero-order chi connectivity index (χ0) is 21.3. The Bertz CT molecular complexity index is 919. The smallest absolute Gasteiger partial charge is 0.268 e. The third-order valence-corrected chi connectivity index (χ3v) is 5.86. The number of ether oxygens (including phenoxy) is 1. The molecule has 30 heavy (non-hydrogen) atoms. The predicted molar refractivity (Wildman–Crippen MR) is 113 cm³/mol. The summed E-state index contributed by atoms with van der Waals surface area (Å²) in [5.74, 6) is 0.438. The van der Waals surface area contributed by atoms with E-state index in [2.05, 4.69) is 23.1 Å². The van der Waals surface area contributed by atoms with Gasteiger partial charge in [-0.1, -0.05) is 12.1 Å². The molecule has 2 unspecified atom stereocenters. The number of aromatic nitrogens is 2. The van der Waals surface area contributed by atoms with Gasteiger partial charge in [-0.15, -0.1) is 0 Å². The van der Waals surface area contributed by atoms with E-state index >= 15 is 0 Å². The second kappa shape index (κ2) is 8.47. The first kappa shape index (κ1) is 20.4. The van der Waals surface area contributed by atoms with E-state index in [0.717, 1.165) is 26.2 Å². The number of fused-ring (bicyclic) bond motifs is 1. The van der Waals surface area contributed by atoms with Gasteiger partial charge in [-0.2, -0.15) is 5.10 Å². The minimum absolute atomic E-state index is 0.0225. The summed E-state index contributed by atoms with van der Waals surface area (Å²) >= 11 is 0. The number of benzene rings is 1. The van der Waals surface area contributed by atoms with Crippen LogP contribution in [0.15, 0.2) is 36.7 Å². The van der Waals surface area contributed by atoms with E-state index in [0.29, 0.717) is 24.5 Å². The number of nitrogens with zero attached hydrogens (tertiary/aromatic N) is 5. The van der Waals surface area contributed by atoms with Gasteiger partial charge in [0, 0.05) is 51.0 Å². The Labute approximate surface area is 177 Å². The first-order valence-corrected chi connectivity index (χ1v) is 10.6. The molecule has 2 aliphatic rings. The molecule has 1 saturated heterocycles. The van der Waals surface area contributed by atoms with Crippen LogP contribution in [0.1, 0.15) is 26.3 Å². The zero-order valence-electron chi connectivity index (χ0n) is 17.8. The van der Waals surface area contributed by atoms with Crippen molar-refractivity contribution in [3.63, 3.8) is 0 Å². The fraction of sp³-hybridized carbons (Fsp3) is 0.500. The monoisotopic (exact) mass is 411 g/mol. The number of hydrogen-bond acceptors (Lipinski definition) is 5. The van der Waals surface area contributed by atoms with E-state index < -0.39 is 12.1 Å². The highest BCUT2D eigenvalue weighted by Gasteiger charge is 2.38. The minimum Gasteiger partial charge on any atom is -0.479 e. The number of rotatable bonds is 5. The van der Waals surface area contributed by atoms with Crippen LogP contribution >= 0.6 is 0 Å². The van der Waals surface area contributed by atoms with Crippen LogP contribution in [0, 0.1) is 0 Å². The average Bonchev–Trinajstić information content (AvgIpc) is 3.22. The van der Waals surface area contributed by atoms with Crippen molar-refractivity contribution in [2.45, 2.75) is 46.0 Å². The zero-order valence-corrected chi connectivity index (χ0v) is 17.8. The molecule has 2 amide bonds. The summed E-state index contributed by atoms with van der Waals surface area (Å²) in [6.07, 6.45) is 3.38. The van der Waals surface area contributed by atoms with Crippen molar-refractivity contribution in [3.8, 4) is 5.75 Å². The third kappa shape index (κ3) is 3.92. The van der Waals surface area contributed by atoms with Gasteiger partial charge < -0.3 is 9.64 Å². The quantitative estimate of drug-likeness (QED) is 0.750. The lowest BCUT2D eigenvalue weighted by atomic mass is 10.1. The third-order valence-electron chi connectivity index (χ3n) is 5.86. The summed E-state index contributed by atoms with van der Waals surface area (Å²) in [5, 5.41) is 4.33. The molecule has 2 aromatic rings. The Morgan fingerprint density at radius 2 is 1.97 bits per heavy atom. The highest BCUT2D eigenvalue weighted by atomic mass is 16.5. The van der Waals surface area contributed by atoms with Crippen LogP contribution in [0.4, 0.5) is 5.69 Å². The molecule has 0 N–H and O–H groups in total. The Morgan fingerprint density at radius 3 is 2.67 bits per heavy atom. The molecular formula is C22H29N5O3. The summed E-state index contributed by atoms with van der Waals surface area (Å²) in [6, 6.07) is 6.82. The largest absolute Gasteiger partial charge is 0.479 e. The molecule has 0 radical (unpaired) electrons. The second-order valence-electron chi connectivity index (χ2n) is 7.92. The molecule has 8 nitrogen and oxygen atoms in total. The van der Waals surface area contributed by atoms with Gasteiger partial charge in [-0.05, 0) is 32.9 Å². The highest BCUT2D eigenvalue weighted by molar-refractivity contribution is 6.05. The van der Waals surface area contributed by atoms with Gasteiger partial charge in [0.15, 0.2) is 6.10 Å². The second-order valence-corrected chi connectivity index (χ2v) is 7.92. The SMILES string of the molecule is CCn1cc(CN2CCN(C(=O)C(C)N3C(=O)C(C)Oc4ccccc43)CC2)cn1. The van der Waals surface area contributed by atoms with E-state index in [4.69, 9.17) is 4.74 Å². The van der Waals surface area contributed by atoms with Crippen molar-refractivity contribution in [1.29, 1.82) is 0 Å². The van der Waals surface area contributed by atoms with Gasteiger partial charge in [-0.25, -0.2) is 0 Å². The van der Waals surface area contributed by atoms with Crippen molar-refractivity contribution in [3.05, 3.63) is 42.2 Å². The van der Waals surface area contributed by atoms with Crippen LogP contribution in [0.3, 0.4) is 0 Å². The molecule has 2 atom stereocenters. The summed E-state index contributed by atoms with van der Waals surface area (Å²) in [6.45, 7) is 10.2. The molecule has 0 spiro atoms. The number of piperazine rings is 1. The van der Waals surface area contributed by atoms with Gasteiger partial charge in [0.05, 0.1) is 11.9 Å². The lowest BCUT2D eigenvalue weighted by molar-refractivity contribution is -0.137. The molecule has 0 aliphatic carbocycles. The maximum Gasteiger partial charge on any atom is 0.268 e. The molecule has 0 bridgehead atoms. The van der Waals surface area contributed by atoms with E-state index in [9.17, 15) is 9.59 Å². The van der Waals surface area contributed by atoms with Crippen molar-refractivity contribution in [2.24, 2.45) is 0 Å². The Morgan fingerprint density at radius 1 is 1.23 bits per heavy atom. The van der Waals surface area contributed by atoms with Gasteiger partial charge in [0.1, 0.15) is 11.8 Å². The first-order chi connectivity index (χ1) is 14.5. The van der Waals surface area contributed by atoms with E-state index in [1.54, 1.807) is 18.7 Å². The molecule has 0 saturated carbocycles. The fourth-order valence-corrected chi connectivity index (χ4v) is 4.13. The maximum atomic E-state index is 13.2. The summed E-state index contributed by atoms with van der Waals surface area (Å²) < 4.78 is 7.63. The lowest BCUT2D eigenvalue weighted by Gasteiger charge is -2.40. The molecule has 160 valence electrons. The Balaban J connectivity index is 1.40. The predicted octanol–water partition coefficient (Wildman–Crippen LogP) is 1.75. The Kier molecular flexibility index (Phi) is 5.76. The number of aryl methyl sites for hydroxylation is 1. The van der Waals surface area contributed by atoms with Gasteiger partial charge in [0.25, 0.3) is 5.91 Å². The van der Waals surface area contributed by atoms with Crippen molar-refractivity contribution < 1.29 is 14.3 Å². The molecule has 1 aromatic carbocycles. The van der Waals surface area contributed by atoms with Gasteiger partial charge in [-0.3, -0.25) is 24.1 Å². The van der Waals surface area contributed by atoms with Crippen molar-refractivity contribution >= 4 is 17.5 Å². The van der Waals surface area contributed by atoms with Crippen LogP contribution < -0.4 is 9.64 Å². The number of amides is 2. The summed E-state index contributed by atoms with van der Waals surface area (Å²) in [4.78, 5) is 31.8. The molecule has 4 rings (SSSR count). The van der Waals surface area contributed by atoms with Crippen molar-refractivity contribution in [1.82, 2.24) is 19.6 Å². The number of carbonyl (C=O) groups is 2. The van der Waals surface area contributed by atoms with E-state index in [1.165, 1.54) is 5.56 Å². The molecule has 8 heteroatoms. The van der Waals surface area contributed by atoms with Crippen LogP contribution in [0.5, 0.6) is 5.75 Å². The minimum atomic E-state index is -0.601. The fourth-order valence-electron chi connectivity index (χ4n) is 4.13. The molecule has 1 fully saturated rings. The topological polar surface area (TPSA) is 70.9 Å². The van der Waals surface area contributed by atoms with Gasteiger partial charge >= 0.3 is 0 Å². The van der Waals surface area contributed by atoms with Crippen LogP contribution in [-0.2, 0) is 22.7 Å². The van der Waals surface area contributed by atoms with Crippen LogP contribution in [0.2, 0.25) is 0 Å². The van der Waals surface area contributed by atoms with Gasteiger partial charge in [0.2, 0.25) is 5.91 Å². The lowest BCUT2D eigenvalue weighted by Crippen LogP contribution is -2.57. The molecular weight excluding hydrogens is 382 g/mol. The highest BCUT2D eigenvalue weighted by Crippen LogP contribution is 2.35. The molecule has 1 aromatic heterocycles. The first-order valence-electron chi connectivity index (χ1n) is 10.6. The Hall–Kier alpha value is -2.87. The number of hydrogen-bond donors (Lipinski definition) is 0. The standard InChI is InChI=1S/C22H29N5O3/c1-4-26-15-18(13-23-26)14-24-9-11-25(12-10-24)21(28)16(2)27-19-7-5-6-8-20(19)30-17(3)22(27)29/h5-8,13,15-17H,4,9-12,14H2,1-3H3. The number of para-hydroxylation sites is 2. The summed E-state index contributed by atoms with van der Waals surface area (Å²) in [5.41, 5.74) is 1.85. The summed E-state index contributed by atoms with van der Waals surface area (Å²) in [7, 11) is 0. The number of carbonyl (C=O) groups excluding carboxylic acids is 2. The normalized spacial score (nSPS) is 20.6.